The Kier molecular flexibility index (Phi) is 3.24. The Balaban J connectivity index is 3.12. The molecular weight excluding hydrogens is 176 g/mol. The molecule has 1 rings (SSSR count). The molecule has 0 fully saturated rings. The van der Waals surface area contributed by atoms with E-state index in [1.165, 1.54) is 7.11 Å². The van der Waals surface area contributed by atoms with Gasteiger partial charge >= 0.3 is 5.97 Å². The van der Waals surface area contributed by atoms with Crippen LogP contribution in [0.1, 0.15) is 11.1 Å². The fraction of sp³-hybridized carbons (Fsp3) is 0.0833. The van der Waals surface area contributed by atoms with E-state index in [0.29, 0.717) is 5.57 Å². The molecule has 0 aromatic heterocycles. The van der Waals surface area contributed by atoms with Gasteiger partial charge in [-0.25, -0.2) is 4.79 Å². The van der Waals surface area contributed by atoms with E-state index in [1.807, 2.05) is 24.3 Å². The van der Waals surface area contributed by atoms with E-state index in [1.54, 1.807) is 6.08 Å². The second-order valence-electron chi connectivity index (χ2n) is 2.76. The van der Waals surface area contributed by atoms with Gasteiger partial charge in [0.25, 0.3) is 0 Å². The van der Waals surface area contributed by atoms with Crippen LogP contribution in [0, 0.1) is 0 Å². The zero-order valence-electron chi connectivity index (χ0n) is 8.12. The van der Waals surface area contributed by atoms with Gasteiger partial charge in [-0.05, 0) is 11.1 Å². The third kappa shape index (κ3) is 1.91. The lowest BCUT2D eigenvalue weighted by Gasteiger charge is -2.06. The van der Waals surface area contributed by atoms with E-state index in [9.17, 15) is 4.79 Å². The number of ether oxygens (including phenoxy) is 1. The highest BCUT2D eigenvalue weighted by Gasteiger charge is 2.11. The molecule has 0 amide bonds. The summed E-state index contributed by atoms with van der Waals surface area (Å²) in [4.78, 5) is 11.2. The largest absolute Gasteiger partial charge is 0.465 e. The van der Waals surface area contributed by atoms with Crippen molar-refractivity contribution >= 4 is 17.6 Å². The maximum absolute atomic E-state index is 11.2. The fourth-order valence-electron chi connectivity index (χ4n) is 1.18. The van der Waals surface area contributed by atoms with Gasteiger partial charge in [0.1, 0.15) is 0 Å². The summed E-state index contributed by atoms with van der Waals surface area (Å²) in [5.41, 5.74) is 1.99. The fourth-order valence-corrected chi connectivity index (χ4v) is 1.18. The van der Waals surface area contributed by atoms with Crippen molar-refractivity contribution < 1.29 is 9.53 Å². The highest BCUT2D eigenvalue weighted by Crippen LogP contribution is 2.19. The predicted octanol–water partition coefficient (Wildman–Crippen LogP) is 2.52. The summed E-state index contributed by atoms with van der Waals surface area (Å²) in [6, 6.07) is 7.41. The van der Waals surface area contributed by atoms with Gasteiger partial charge in [-0.1, -0.05) is 43.5 Å². The molecule has 0 saturated carbocycles. The summed E-state index contributed by atoms with van der Waals surface area (Å²) < 4.78 is 4.59. The van der Waals surface area contributed by atoms with Crippen LogP contribution < -0.4 is 0 Å². The minimum Gasteiger partial charge on any atom is -0.465 e. The third-order valence-electron chi connectivity index (χ3n) is 1.94. The van der Waals surface area contributed by atoms with Gasteiger partial charge in [0.05, 0.1) is 12.7 Å². The molecule has 72 valence electrons. The van der Waals surface area contributed by atoms with E-state index < -0.39 is 5.97 Å². The van der Waals surface area contributed by atoms with Gasteiger partial charge in [0, 0.05) is 0 Å². The zero-order valence-corrected chi connectivity index (χ0v) is 8.12. The quantitative estimate of drug-likeness (QED) is 0.538. The van der Waals surface area contributed by atoms with E-state index in [-0.39, 0.29) is 0 Å². The average molecular weight is 188 g/mol. The Bertz CT molecular complexity index is 378. The Hall–Kier alpha value is -1.83. The maximum atomic E-state index is 11.2. The molecule has 14 heavy (non-hydrogen) atoms. The van der Waals surface area contributed by atoms with Crippen molar-refractivity contribution in [3.63, 3.8) is 0 Å². The van der Waals surface area contributed by atoms with E-state index in [0.717, 1.165) is 11.1 Å². The van der Waals surface area contributed by atoms with Crippen LogP contribution in [-0.4, -0.2) is 13.1 Å². The Morgan fingerprint density at radius 3 is 2.64 bits per heavy atom. The van der Waals surface area contributed by atoms with Crippen LogP contribution in [0.25, 0.3) is 11.6 Å². The second kappa shape index (κ2) is 4.42. The molecule has 0 N–H and O–H groups in total. The molecule has 2 heteroatoms. The first-order chi connectivity index (χ1) is 6.70. The van der Waals surface area contributed by atoms with Crippen LogP contribution in [0.5, 0.6) is 0 Å². The summed E-state index contributed by atoms with van der Waals surface area (Å²) in [5, 5.41) is 0. The van der Waals surface area contributed by atoms with Crippen molar-refractivity contribution in [2.75, 3.05) is 7.11 Å². The van der Waals surface area contributed by atoms with Gasteiger partial charge < -0.3 is 4.74 Å². The summed E-state index contributed by atoms with van der Waals surface area (Å²) in [6.45, 7) is 7.35. The number of methoxy groups -OCH3 is 1. The lowest BCUT2D eigenvalue weighted by molar-refractivity contribution is -0.133. The molecule has 0 aliphatic carbocycles. The van der Waals surface area contributed by atoms with Crippen LogP contribution in [0.2, 0.25) is 0 Å². The van der Waals surface area contributed by atoms with Crippen molar-refractivity contribution in [1.82, 2.24) is 0 Å². The van der Waals surface area contributed by atoms with Crippen molar-refractivity contribution in [2.24, 2.45) is 0 Å². The first-order valence-corrected chi connectivity index (χ1v) is 4.19. The normalized spacial score (nSPS) is 9.21. The molecule has 0 aliphatic rings. The van der Waals surface area contributed by atoms with Crippen molar-refractivity contribution in [3.8, 4) is 0 Å². The highest BCUT2D eigenvalue weighted by molar-refractivity contribution is 6.16. The van der Waals surface area contributed by atoms with Gasteiger partial charge in [0.2, 0.25) is 0 Å². The van der Waals surface area contributed by atoms with Gasteiger partial charge in [0.15, 0.2) is 0 Å². The third-order valence-corrected chi connectivity index (χ3v) is 1.94. The zero-order chi connectivity index (χ0) is 10.6. The molecule has 0 radical (unpaired) electrons. The number of carbonyl (C=O) groups excluding carboxylic acids is 1. The molecule has 0 heterocycles. The number of hydrogen-bond donors (Lipinski definition) is 0. The molecular formula is C12H12O2. The lowest BCUT2D eigenvalue weighted by atomic mass is 10.0. The first kappa shape index (κ1) is 10.3. The average Bonchev–Trinajstić information content (AvgIpc) is 2.26. The monoisotopic (exact) mass is 188 g/mol. The number of rotatable bonds is 3. The summed E-state index contributed by atoms with van der Waals surface area (Å²) in [5.74, 6) is -0.417. The molecule has 0 spiro atoms. The molecule has 0 unspecified atom stereocenters. The summed E-state index contributed by atoms with van der Waals surface area (Å²) in [7, 11) is 1.34. The predicted molar refractivity (Wildman–Crippen MR) is 57.6 cm³/mol. The smallest absolute Gasteiger partial charge is 0.337 e. The van der Waals surface area contributed by atoms with Crippen LogP contribution in [0.4, 0.5) is 0 Å². The number of carbonyl (C=O) groups is 1. The first-order valence-electron chi connectivity index (χ1n) is 4.19. The van der Waals surface area contributed by atoms with Crippen LogP contribution in [-0.2, 0) is 9.53 Å². The van der Waals surface area contributed by atoms with Crippen LogP contribution in [0.3, 0.4) is 0 Å². The van der Waals surface area contributed by atoms with Crippen molar-refractivity contribution in [2.45, 2.75) is 0 Å². The van der Waals surface area contributed by atoms with E-state index >= 15 is 0 Å². The Morgan fingerprint density at radius 2 is 2.07 bits per heavy atom. The SMILES string of the molecule is C=Cc1ccccc1C(=C)C(=O)OC. The van der Waals surface area contributed by atoms with Crippen molar-refractivity contribution in [3.05, 3.63) is 48.6 Å². The molecule has 1 aromatic carbocycles. The minimum atomic E-state index is -0.417. The second-order valence-corrected chi connectivity index (χ2v) is 2.76. The molecule has 1 aromatic rings. The van der Waals surface area contributed by atoms with E-state index in [2.05, 4.69) is 17.9 Å². The molecule has 0 bridgehead atoms. The molecule has 0 saturated heterocycles. The summed E-state index contributed by atoms with van der Waals surface area (Å²) >= 11 is 0. The molecule has 0 atom stereocenters. The Labute approximate surface area is 83.5 Å². The van der Waals surface area contributed by atoms with Gasteiger partial charge in [-0.3, -0.25) is 0 Å². The lowest BCUT2D eigenvalue weighted by Crippen LogP contribution is -2.03. The highest BCUT2D eigenvalue weighted by atomic mass is 16.5. The number of hydrogen-bond acceptors (Lipinski definition) is 2. The topological polar surface area (TPSA) is 26.3 Å². The standard InChI is InChI=1S/C12H12O2/c1-4-10-7-5-6-8-11(10)9(2)12(13)14-3/h4-8H,1-2H2,3H3. The summed E-state index contributed by atoms with van der Waals surface area (Å²) in [6.07, 6.45) is 1.68. The molecule has 0 aliphatic heterocycles. The minimum absolute atomic E-state index is 0.350. The van der Waals surface area contributed by atoms with Gasteiger partial charge in [-0.2, -0.15) is 0 Å². The van der Waals surface area contributed by atoms with Crippen molar-refractivity contribution in [1.29, 1.82) is 0 Å². The van der Waals surface area contributed by atoms with Crippen LogP contribution in [0.15, 0.2) is 37.4 Å². The van der Waals surface area contributed by atoms with Gasteiger partial charge in [-0.15, -0.1) is 0 Å². The number of benzene rings is 1. The van der Waals surface area contributed by atoms with E-state index in [4.69, 9.17) is 0 Å². The maximum Gasteiger partial charge on any atom is 0.337 e. The Morgan fingerprint density at radius 1 is 1.43 bits per heavy atom. The van der Waals surface area contributed by atoms with Crippen LogP contribution >= 0.6 is 0 Å². The molecule has 2 nitrogen and oxygen atoms in total. The number of esters is 1.